The number of carbonyl (C=O) groups is 1. The lowest BCUT2D eigenvalue weighted by molar-refractivity contribution is -0.129. The predicted molar refractivity (Wildman–Crippen MR) is 68.5 cm³/mol. The van der Waals surface area contributed by atoms with Crippen LogP contribution in [0.15, 0.2) is 0 Å². The lowest BCUT2D eigenvalue weighted by atomic mass is 10.1. The normalized spacial score (nSPS) is 35.8. The summed E-state index contributed by atoms with van der Waals surface area (Å²) in [6.45, 7) is 5.11. The van der Waals surface area contributed by atoms with Crippen LogP contribution in [-0.4, -0.2) is 40.6 Å². The van der Waals surface area contributed by atoms with E-state index < -0.39 is 0 Å². The van der Waals surface area contributed by atoms with E-state index in [4.69, 9.17) is 0 Å². The summed E-state index contributed by atoms with van der Waals surface area (Å²) in [4.78, 5) is 14.1. The van der Waals surface area contributed by atoms with Crippen molar-refractivity contribution in [1.29, 1.82) is 0 Å². The molecule has 0 aliphatic carbocycles. The second-order valence-electron chi connectivity index (χ2n) is 4.78. The van der Waals surface area contributed by atoms with Gasteiger partial charge in [-0.05, 0) is 31.9 Å². The van der Waals surface area contributed by atoms with Gasteiger partial charge in [0.1, 0.15) is 0 Å². The molecular weight excluding hydrogens is 220 g/mol. The van der Waals surface area contributed by atoms with Crippen LogP contribution >= 0.6 is 11.8 Å². The second kappa shape index (κ2) is 5.41. The zero-order valence-corrected chi connectivity index (χ0v) is 11.1. The highest BCUT2D eigenvalue weighted by Gasteiger charge is 2.36. The highest BCUT2D eigenvalue weighted by atomic mass is 32.2. The third-order valence-corrected chi connectivity index (χ3v) is 4.95. The maximum atomic E-state index is 12.1. The Morgan fingerprint density at radius 2 is 2.31 bits per heavy atom. The van der Waals surface area contributed by atoms with Crippen LogP contribution in [0.25, 0.3) is 0 Å². The molecule has 0 aromatic carbocycles. The van der Waals surface area contributed by atoms with Gasteiger partial charge in [-0.2, -0.15) is 11.8 Å². The number of thioether (sulfide) groups is 1. The highest BCUT2D eigenvalue weighted by Crippen LogP contribution is 2.27. The summed E-state index contributed by atoms with van der Waals surface area (Å²) in [5.41, 5.74) is 0. The minimum Gasteiger partial charge on any atom is -0.325 e. The molecule has 16 heavy (non-hydrogen) atoms. The number of nitrogens with zero attached hydrogens (tertiary/aromatic N) is 1. The maximum Gasteiger partial charge on any atom is 0.241 e. The summed E-state index contributed by atoms with van der Waals surface area (Å²) in [6, 6.07) is 0.0589. The smallest absolute Gasteiger partial charge is 0.241 e. The number of rotatable bonds is 3. The quantitative estimate of drug-likeness (QED) is 0.819. The Kier molecular flexibility index (Phi) is 4.14. The van der Waals surface area contributed by atoms with Crippen LogP contribution in [0.5, 0.6) is 0 Å². The van der Waals surface area contributed by atoms with E-state index in [1.165, 1.54) is 25.0 Å². The van der Waals surface area contributed by atoms with Gasteiger partial charge in [0.05, 0.1) is 12.2 Å². The Labute approximate surface area is 102 Å². The fourth-order valence-electron chi connectivity index (χ4n) is 2.55. The molecule has 4 heteroatoms. The van der Waals surface area contributed by atoms with Crippen molar-refractivity contribution in [2.24, 2.45) is 0 Å². The van der Waals surface area contributed by atoms with Crippen molar-refractivity contribution in [3.05, 3.63) is 0 Å². The first-order valence-electron chi connectivity index (χ1n) is 6.40. The van der Waals surface area contributed by atoms with Crippen LogP contribution in [0.2, 0.25) is 0 Å². The van der Waals surface area contributed by atoms with Crippen molar-refractivity contribution in [2.45, 2.75) is 57.0 Å². The number of nitrogens with one attached hydrogen (secondary N) is 1. The van der Waals surface area contributed by atoms with Crippen molar-refractivity contribution in [1.82, 2.24) is 10.2 Å². The summed E-state index contributed by atoms with van der Waals surface area (Å²) in [7, 11) is 0. The molecule has 92 valence electrons. The molecule has 1 N–H and O–H groups in total. The van der Waals surface area contributed by atoms with Crippen LogP contribution < -0.4 is 5.32 Å². The molecule has 0 aromatic rings. The molecule has 0 spiro atoms. The molecule has 0 bridgehead atoms. The van der Waals surface area contributed by atoms with Crippen LogP contribution in [-0.2, 0) is 4.79 Å². The summed E-state index contributed by atoms with van der Waals surface area (Å²) in [6.07, 6.45) is 5.08. The van der Waals surface area contributed by atoms with E-state index in [0.29, 0.717) is 11.2 Å². The molecule has 2 aliphatic heterocycles. The van der Waals surface area contributed by atoms with Crippen molar-refractivity contribution in [2.75, 3.05) is 12.3 Å². The Bertz CT molecular complexity index is 253. The maximum absolute atomic E-state index is 12.1. The minimum atomic E-state index is 0.0589. The van der Waals surface area contributed by atoms with Gasteiger partial charge in [-0.15, -0.1) is 0 Å². The SMILES string of the molecule is CCC1NC(C)N(CC2CCCCS2)C1=O. The Morgan fingerprint density at radius 3 is 2.88 bits per heavy atom. The summed E-state index contributed by atoms with van der Waals surface area (Å²) < 4.78 is 0. The number of amides is 1. The lowest BCUT2D eigenvalue weighted by Crippen LogP contribution is -2.40. The average molecular weight is 242 g/mol. The van der Waals surface area contributed by atoms with E-state index >= 15 is 0 Å². The molecule has 3 nitrogen and oxygen atoms in total. The molecule has 0 saturated carbocycles. The molecule has 2 saturated heterocycles. The largest absolute Gasteiger partial charge is 0.325 e. The van der Waals surface area contributed by atoms with E-state index in [0.717, 1.165) is 13.0 Å². The lowest BCUT2D eigenvalue weighted by Gasteiger charge is -2.28. The van der Waals surface area contributed by atoms with Gasteiger partial charge < -0.3 is 4.90 Å². The Hall–Kier alpha value is -0.220. The van der Waals surface area contributed by atoms with Gasteiger partial charge in [0.25, 0.3) is 0 Å². The fourth-order valence-corrected chi connectivity index (χ4v) is 3.86. The van der Waals surface area contributed by atoms with Crippen LogP contribution in [0, 0.1) is 0 Å². The topological polar surface area (TPSA) is 32.3 Å². The third kappa shape index (κ3) is 2.54. The van der Waals surface area contributed by atoms with Gasteiger partial charge in [-0.25, -0.2) is 0 Å². The first kappa shape index (κ1) is 12.2. The van der Waals surface area contributed by atoms with E-state index in [1.54, 1.807) is 0 Å². The molecule has 0 aromatic heterocycles. The zero-order chi connectivity index (χ0) is 11.5. The molecular formula is C12H22N2OS. The third-order valence-electron chi connectivity index (χ3n) is 3.57. The molecule has 2 rings (SSSR count). The van der Waals surface area contributed by atoms with Crippen LogP contribution in [0.3, 0.4) is 0 Å². The van der Waals surface area contributed by atoms with Crippen LogP contribution in [0.4, 0.5) is 0 Å². The van der Waals surface area contributed by atoms with Crippen molar-refractivity contribution < 1.29 is 4.79 Å². The molecule has 3 unspecified atom stereocenters. The van der Waals surface area contributed by atoms with E-state index in [9.17, 15) is 4.79 Å². The van der Waals surface area contributed by atoms with Crippen molar-refractivity contribution >= 4 is 17.7 Å². The first-order valence-corrected chi connectivity index (χ1v) is 7.45. The van der Waals surface area contributed by atoms with E-state index in [-0.39, 0.29) is 12.2 Å². The fraction of sp³-hybridized carbons (Fsp3) is 0.917. The standard InChI is InChI=1S/C12H22N2OS/c1-3-11-12(15)14(9(2)13-11)8-10-6-4-5-7-16-10/h9-11,13H,3-8H2,1-2H3. The van der Waals surface area contributed by atoms with E-state index in [1.807, 2.05) is 16.7 Å². The molecule has 2 aliphatic rings. The molecule has 2 heterocycles. The molecule has 0 radical (unpaired) electrons. The Balaban J connectivity index is 1.90. The van der Waals surface area contributed by atoms with Gasteiger partial charge in [0.15, 0.2) is 0 Å². The van der Waals surface area contributed by atoms with Gasteiger partial charge in [-0.3, -0.25) is 10.1 Å². The summed E-state index contributed by atoms with van der Waals surface area (Å²) in [5, 5.41) is 4.02. The van der Waals surface area contributed by atoms with Gasteiger partial charge in [0, 0.05) is 11.8 Å². The van der Waals surface area contributed by atoms with E-state index in [2.05, 4.69) is 19.2 Å². The van der Waals surface area contributed by atoms with Crippen molar-refractivity contribution in [3.63, 3.8) is 0 Å². The summed E-state index contributed by atoms with van der Waals surface area (Å²) in [5.74, 6) is 1.58. The van der Waals surface area contributed by atoms with Gasteiger partial charge in [0.2, 0.25) is 5.91 Å². The average Bonchev–Trinajstić information content (AvgIpc) is 2.58. The predicted octanol–water partition coefficient (Wildman–Crippen LogP) is 1.83. The molecule has 3 atom stereocenters. The minimum absolute atomic E-state index is 0.0589. The van der Waals surface area contributed by atoms with Gasteiger partial charge >= 0.3 is 0 Å². The van der Waals surface area contributed by atoms with Gasteiger partial charge in [-0.1, -0.05) is 13.3 Å². The number of hydrogen-bond acceptors (Lipinski definition) is 3. The van der Waals surface area contributed by atoms with Crippen LogP contribution in [0.1, 0.15) is 39.5 Å². The summed E-state index contributed by atoms with van der Waals surface area (Å²) >= 11 is 2.04. The first-order chi connectivity index (χ1) is 7.72. The number of hydrogen-bond donors (Lipinski definition) is 1. The monoisotopic (exact) mass is 242 g/mol. The Morgan fingerprint density at radius 1 is 1.50 bits per heavy atom. The highest BCUT2D eigenvalue weighted by molar-refractivity contribution is 7.99. The second-order valence-corrected chi connectivity index (χ2v) is 6.19. The molecule has 1 amide bonds. The van der Waals surface area contributed by atoms with Crippen molar-refractivity contribution in [3.8, 4) is 0 Å². The molecule has 2 fully saturated rings. The number of carbonyl (C=O) groups excluding carboxylic acids is 1. The zero-order valence-electron chi connectivity index (χ0n) is 10.2.